The summed E-state index contributed by atoms with van der Waals surface area (Å²) in [5, 5.41) is 12.2. The minimum absolute atomic E-state index is 0.0763. The summed E-state index contributed by atoms with van der Waals surface area (Å²) in [6.07, 6.45) is 1.34. The summed E-state index contributed by atoms with van der Waals surface area (Å²) >= 11 is 0. The maximum atomic E-state index is 12.8. The summed E-state index contributed by atoms with van der Waals surface area (Å²) in [7, 11) is 1.43. The predicted molar refractivity (Wildman–Crippen MR) is 99.7 cm³/mol. The van der Waals surface area contributed by atoms with E-state index in [0.717, 1.165) is 18.4 Å². The van der Waals surface area contributed by atoms with Crippen LogP contribution in [0.5, 0.6) is 5.75 Å². The number of rotatable bonds is 6. The zero-order valence-electron chi connectivity index (χ0n) is 15.2. The molecule has 3 rings (SSSR count). The van der Waals surface area contributed by atoms with Gasteiger partial charge in [-0.15, -0.1) is 0 Å². The Morgan fingerprint density at radius 1 is 1.22 bits per heavy atom. The first-order valence-corrected chi connectivity index (χ1v) is 8.94. The number of carbonyl (C=O) groups is 2. The van der Waals surface area contributed by atoms with E-state index in [1.165, 1.54) is 13.2 Å². The molecule has 1 fully saturated rings. The number of carbonyl (C=O) groups excluding carboxylic acids is 1. The van der Waals surface area contributed by atoms with Gasteiger partial charge >= 0.3 is 5.97 Å². The smallest absolute Gasteiger partial charge is 0.339 e. The van der Waals surface area contributed by atoms with Crippen LogP contribution in [0, 0.1) is 5.92 Å². The third kappa shape index (κ3) is 4.46. The Kier molecular flexibility index (Phi) is 6.08. The molecule has 27 heavy (non-hydrogen) atoms. The normalized spacial score (nSPS) is 19.3. The first-order valence-electron chi connectivity index (χ1n) is 8.94. The largest absolute Gasteiger partial charge is 0.496 e. The Morgan fingerprint density at radius 2 is 2.00 bits per heavy atom. The van der Waals surface area contributed by atoms with Gasteiger partial charge in [0.15, 0.2) is 0 Å². The van der Waals surface area contributed by atoms with Crippen molar-refractivity contribution in [1.82, 2.24) is 5.32 Å². The molecule has 2 N–H and O–H groups in total. The molecule has 142 valence electrons. The van der Waals surface area contributed by atoms with Crippen LogP contribution < -0.4 is 10.1 Å². The van der Waals surface area contributed by atoms with Gasteiger partial charge in [0, 0.05) is 13.2 Å². The van der Waals surface area contributed by atoms with Gasteiger partial charge < -0.3 is 19.9 Å². The molecule has 2 aromatic rings. The van der Waals surface area contributed by atoms with Crippen molar-refractivity contribution < 1.29 is 24.2 Å². The Morgan fingerprint density at radius 3 is 2.70 bits per heavy atom. The van der Waals surface area contributed by atoms with E-state index in [9.17, 15) is 14.7 Å². The van der Waals surface area contributed by atoms with E-state index >= 15 is 0 Å². The fourth-order valence-electron chi connectivity index (χ4n) is 3.37. The molecule has 2 atom stereocenters. The van der Waals surface area contributed by atoms with Crippen LogP contribution in [-0.4, -0.2) is 30.7 Å². The molecule has 0 radical (unpaired) electrons. The maximum absolute atomic E-state index is 12.8. The van der Waals surface area contributed by atoms with Crippen molar-refractivity contribution >= 4 is 11.9 Å². The van der Waals surface area contributed by atoms with Crippen molar-refractivity contribution in [1.29, 1.82) is 0 Å². The first kappa shape index (κ1) is 18.9. The Labute approximate surface area is 158 Å². The van der Waals surface area contributed by atoms with Crippen LogP contribution in [0.25, 0.3) is 0 Å². The van der Waals surface area contributed by atoms with Crippen LogP contribution >= 0.6 is 0 Å². The molecule has 6 nitrogen and oxygen atoms in total. The lowest BCUT2D eigenvalue weighted by Crippen LogP contribution is -2.37. The van der Waals surface area contributed by atoms with E-state index in [0.29, 0.717) is 17.9 Å². The first-order chi connectivity index (χ1) is 13.1. The highest BCUT2D eigenvalue weighted by atomic mass is 16.5. The van der Waals surface area contributed by atoms with Crippen LogP contribution in [-0.2, 0) is 16.1 Å². The average Bonchev–Trinajstić information content (AvgIpc) is 2.72. The van der Waals surface area contributed by atoms with Crippen LogP contribution in [0.4, 0.5) is 0 Å². The molecule has 1 saturated heterocycles. The van der Waals surface area contributed by atoms with Gasteiger partial charge in [-0.25, -0.2) is 4.79 Å². The molecule has 0 bridgehead atoms. The molecular formula is C21H23NO5. The highest BCUT2D eigenvalue weighted by molar-refractivity contribution is 5.91. The van der Waals surface area contributed by atoms with E-state index in [2.05, 4.69) is 5.32 Å². The lowest BCUT2D eigenvalue weighted by molar-refractivity contribution is -0.134. The molecular weight excluding hydrogens is 346 g/mol. The Hall–Kier alpha value is -2.86. The van der Waals surface area contributed by atoms with Gasteiger partial charge in [0.1, 0.15) is 11.3 Å². The van der Waals surface area contributed by atoms with Crippen molar-refractivity contribution in [2.75, 3.05) is 13.7 Å². The number of hydrogen-bond donors (Lipinski definition) is 2. The highest BCUT2D eigenvalue weighted by Gasteiger charge is 2.32. The Bertz CT molecular complexity index is 805. The summed E-state index contributed by atoms with van der Waals surface area (Å²) in [5.41, 5.74) is 1.77. The number of amides is 1. The molecule has 0 unspecified atom stereocenters. The van der Waals surface area contributed by atoms with Gasteiger partial charge in [0.25, 0.3) is 0 Å². The maximum Gasteiger partial charge on any atom is 0.339 e. The van der Waals surface area contributed by atoms with E-state index in [1.807, 2.05) is 30.3 Å². The number of nitrogens with one attached hydrogen (secondary N) is 1. The zero-order chi connectivity index (χ0) is 19.2. The van der Waals surface area contributed by atoms with Crippen LogP contribution in [0.1, 0.15) is 40.4 Å². The molecule has 0 aliphatic carbocycles. The summed E-state index contributed by atoms with van der Waals surface area (Å²) in [6.45, 7) is 0.894. The minimum Gasteiger partial charge on any atom is -0.496 e. The Balaban J connectivity index is 1.69. The molecule has 1 aliphatic rings. The van der Waals surface area contributed by atoms with E-state index in [4.69, 9.17) is 9.47 Å². The predicted octanol–water partition coefficient (Wildman–Crippen LogP) is 3.18. The summed E-state index contributed by atoms with van der Waals surface area (Å²) in [6, 6.07) is 14.6. The number of carboxylic acid groups (broad SMARTS) is 1. The molecule has 1 amide bonds. The second-order valence-electron chi connectivity index (χ2n) is 6.51. The van der Waals surface area contributed by atoms with E-state index < -0.39 is 5.97 Å². The zero-order valence-corrected chi connectivity index (χ0v) is 15.2. The van der Waals surface area contributed by atoms with Gasteiger partial charge in [0.05, 0.1) is 19.1 Å². The minimum atomic E-state index is -1.06. The van der Waals surface area contributed by atoms with Gasteiger partial charge in [-0.3, -0.25) is 4.79 Å². The SMILES string of the molecule is COc1ccc(CNC(=O)[C@@H]2CCCO[C@@H]2c2ccccc2)cc1C(=O)O. The number of ether oxygens (including phenoxy) is 2. The monoisotopic (exact) mass is 369 g/mol. The lowest BCUT2D eigenvalue weighted by atomic mass is 9.88. The number of benzene rings is 2. The lowest BCUT2D eigenvalue weighted by Gasteiger charge is -2.31. The topological polar surface area (TPSA) is 84.9 Å². The number of hydrogen-bond acceptors (Lipinski definition) is 4. The summed E-state index contributed by atoms with van der Waals surface area (Å²) in [4.78, 5) is 24.1. The molecule has 0 saturated carbocycles. The van der Waals surface area contributed by atoms with Crippen molar-refractivity contribution in [3.8, 4) is 5.75 Å². The molecule has 1 aliphatic heterocycles. The van der Waals surface area contributed by atoms with Crippen LogP contribution in [0.3, 0.4) is 0 Å². The quantitative estimate of drug-likeness (QED) is 0.817. The molecule has 1 heterocycles. The summed E-state index contributed by atoms with van der Waals surface area (Å²) in [5.74, 6) is -1.12. The van der Waals surface area contributed by atoms with Crippen molar-refractivity contribution in [2.24, 2.45) is 5.92 Å². The number of methoxy groups -OCH3 is 1. The highest BCUT2D eigenvalue weighted by Crippen LogP contribution is 2.33. The number of aromatic carboxylic acids is 1. The van der Waals surface area contributed by atoms with Gasteiger partial charge in [-0.05, 0) is 36.1 Å². The standard InChI is InChI=1S/C21H23NO5/c1-26-18-10-9-14(12-17(18)21(24)25)13-22-20(23)16-8-5-11-27-19(16)15-6-3-2-4-7-15/h2-4,6-7,9-10,12,16,19H,5,8,11,13H2,1H3,(H,22,23)(H,24,25)/t16-,19-/m1/s1. The molecule has 0 aromatic heterocycles. The van der Waals surface area contributed by atoms with Gasteiger partial charge in [-0.2, -0.15) is 0 Å². The van der Waals surface area contributed by atoms with Crippen LogP contribution in [0.15, 0.2) is 48.5 Å². The van der Waals surface area contributed by atoms with E-state index in [1.54, 1.807) is 12.1 Å². The fourth-order valence-corrected chi connectivity index (χ4v) is 3.37. The van der Waals surface area contributed by atoms with Crippen molar-refractivity contribution in [3.63, 3.8) is 0 Å². The summed E-state index contributed by atoms with van der Waals surface area (Å²) < 4.78 is 10.9. The molecule has 0 spiro atoms. The van der Waals surface area contributed by atoms with Crippen molar-refractivity contribution in [3.05, 3.63) is 65.2 Å². The molecule has 6 heteroatoms. The van der Waals surface area contributed by atoms with Crippen LogP contribution in [0.2, 0.25) is 0 Å². The average molecular weight is 369 g/mol. The molecule has 2 aromatic carbocycles. The van der Waals surface area contributed by atoms with Crippen molar-refractivity contribution in [2.45, 2.75) is 25.5 Å². The third-order valence-corrected chi connectivity index (χ3v) is 4.75. The fraction of sp³-hybridized carbons (Fsp3) is 0.333. The van der Waals surface area contributed by atoms with Gasteiger partial charge in [-0.1, -0.05) is 36.4 Å². The van der Waals surface area contributed by atoms with E-state index in [-0.39, 0.29) is 30.0 Å². The second-order valence-corrected chi connectivity index (χ2v) is 6.51. The van der Waals surface area contributed by atoms with Gasteiger partial charge in [0.2, 0.25) is 5.91 Å². The number of carboxylic acids is 1. The second kappa shape index (κ2) is 8.68. The third-order valence-electron chi connectivity index (χ3n) is 4.75.